The van der Waals surface area contributed by atoms with Gasteiger partial charge in [0.25, 0.3) is 11.5 Å². The molecule has 6 heterocycles. The van der Waals surface area contributed by atoms with Gasteiger partial charge < -0.3 is 25.0 Å². The minimum absolute atomic E-state index is 0.0316. The number of benzene rings is 1. The number of carbonyl (C=O) groups is 2. The molecule has 0 saturated carbocycles. The number of aromatic nitrogens is 6. The number of halogens is 6. The molecule has 0 radical (unpaired) electrons. The number of carbonyl (C=O) groups excluding carboxylic acids is 2. The van der Waals surface area contributed by atoms with Crippen molar-refractivity contribution >= 4 is 56.4 Å². The molecule has 14 nitrogen and oxygen atoms in total. The largest absolute Gasteiger partial charge is 0.504 e. The molecule has 1 fully saturated rings. The first kappa shape index (κ1) is 36.5. The van der Waals surface area contributed by atoms with Crippen LogP contribution in [0.15, 0.2) is 40.3 Å². The number of aryl methyl sites for hydroxylation is 1. The van der Waals surface area contributed by atoms with Crippen LogP contribution in [0, 0.1) is 6.92 Å². The Labute approximate surface area is 303 Å². The van der Waals surface area contributed by atoms with Gasteiger partial charge >= 0.3 is 10.2 Å². The minimum Gasteiger partial charge on any atom is -0.504 e. The number of hydrogen-bond acceptors (Lipinski definition) is 10. The van der Waals surface area contributed by atoms with Gasteiger partial charge in [0.15, 0.2) is 17.3 Å². The fourth-order valence-electron chi connectivity index (χ4n) is 6.83. The fourth-order valence-corrected chi connectivity index (χ4v) is 7.79. The Kier molecular flexibility index (Phi) is 8.53. The Morgan fingerprint density at radius 2 is 1.83 bits per heavy atom. The van der Waals surface area contributed by atoms with Gasteiger partial charge in [-0.25, -0.2) is 9.97 Å². The Bertz CT molecular complexity index is 2280. The van der Waals surface area contributed by atoms with Gasteiger partial charge in [0.1, 0.15) is 23.0 Å². The molecule has 0 spiro atoms. The van der Waals surface area contributed by atoms with Gasteiger partial charge in [-0.05, 0) is 44.4 Å². The van der Waals surface area contributed by atoms with Crippen molar-refractivity contribution in [3.63, 3.8) is 0 Å². The second-order valence-corrected chi connectivity index (χ2v) is 16.0. The van der Waals surface area contributed by atoms with Crippen molar-refractivity contribution in [3.05, 3.63) is 68.9 Å². The molecule has 0 unspecified atom stereocenters. The van der Waals surface area contributed by atoms with E-state index in [2.05, 4.69) is 25.4 Å². The summed E-state index contributed by atoms with van der Waals surface area (Å²) in [6.45, 7) is 4.72. The van der Waals surface area contributed by atoms with Gasteiger partial charge in [-0.3, -0.25) is 19.0 Å². The van der Waals surface area contributed by atoms with Crippen LogP contribution in [-0.4, -0.2) is 90.3 Å². The van der Waals surface area contributed by atoms with Crippen molar-refractivity contribution < 1.29 is 38.9 Å². The molecule has 284 valence electrons. The van der Waals surface area contributed by atoms with Crippen molar-refractivity contribution in [1.29, 1.82) is 0 Å². The third-order valence-corrected chi connectivity index (χ3v) is 11.0. The quantitative estimate of drug-likeness (QED) is 0.227. The number of rotatable bonds is 6. The highest BCUT2D eigenvalue weighted by Crippen LogP contribution is 3.02. The summed E-state index contributed by atoms with van der Waals surface area (Å²) in [6, 6.07) is -0.193. The van der Waals surface area contributed by atoms with Gasteiger partial charge in [-0.15, -0.1) is 5.10 Å². The number of allylic oxidation sites excluding steroid dienone is 1. The third kappa shape index (κ3) is 6.78. The summed E-state index contributed by atoms with van der Waals surface area (Å²) >= 11 is 6.00. The van der Waals surface area contributed by atoms with E-state index in [1.54, 1.807) is 23.3 Å². The van der Waals surface area contributed by atoms with Crippen molar-refractivity contribution in [2.45, 2.75) is 50.0 Å². The van der Waals surface area contributed by atoms with Gasteiger partial charge in [0.2, 0.25) is 11.7 Å². The van der Waals surface area contributed by atoms with Crippen LogP contribution in [0.25, 0.3) is 11.4 Å². The molecule has 3 aliphatic heterocycles. The van der Waals surface area contributed by atoms with Crippen LogP contribution in [0.5, 0.6) is 5.75 Å². The summed E-state index contributed by atoms with van der Waals surface area (Å²) < 4.78 is 75.5. The van der Waals surface area contributed by atoms with Crippen LogP contribution in [0.4, 0.5) is 30.8 Å². The maximum absolute atomic E-state index is 14.3. The highest BCUT2D eigenvalue weighted by Gasteiger charge is 2.65. The van der Waals surface area contributed by atoms with E-state index >= 15 is 0 Å². The zero-order valence-corrected chi connectivity index (χ0v) is 29.8. The molecule has 7 rings (SSSR count). The predicted octanol–water partition coefficient (Wildman–Crippen LogP) is 5.85. The summed E-state index contributed by atoms with van der Waals surface area (Å²) in [6.07, 6.45) is 4.67. The number of amides is 2. The van der Waals surface area contributed by atoms with E-state index in [9.17, 15) is 38.9 Å². The fraction of sp³-hybridized carbons (Fsp3) is 0.406. The van der Waals surface area contributed by atoms with Crippen LogP contribution >= 0.6 is 21.8 Å². The van der Waals surface area contributed by atoms with E-state index < -0.39 is 49.5 Å². The Hall–Kier alpha value is -4.82. The summed E-state index contributed by atoms with van der Waals surface area (Å²) in [7, 11) is -10.0. The lowest BCUT2D eigenvalue weighted by molar-refractivity contribution is -0.119. The third-order valence-electron chi connectivity index (χ3n) is 9.52. The molecule has 3 aromatic heterocycles. The lowest BCUT2D eigenvalue weighted by Crippen LogP contribution is -2.51. The number of nitrogens with one attached hydrogen (secondary N) is 1. The van der Waals surface area contributed by atoms with E-state index in [0.717, 1.165) is 10.9 Å². The van der Waals surface area contributed by atoms with Crippen molar-refractivity contribution in [2.75, 3.05) is 49.6 Å². The molecule has 2 amide bonds. The molecular weight excluding hydrogens is 753 g/mol. The van der Waals surface area contributed by atoms with E-state index in [4.69, 9.17) is 16.3 Å². The second-order valence-electron chi connectivity index (χ2n) is 13.2. The molecule has 3 aliphatic rings. The van der Waals surface area contributed by atoms with E-state index in [0.29, 0.717) is 30.4 Å². The number of nitrogens with zero attached hydrogens (tertiary/aromatic N) is 8. The van der Waals surface area contributed by atoms with Crippen molar-refractivity contribution in [2.24, 2.45) is 0 Å². The highest BCUT2D eigenvalue weighted by molar-refractivity contribution is 8.45. The van der Waals surface area contributed by atoms with Crippen molar-refractivity contribution in [1.82, 2.24) is 34.0 Å². The Balaban J connectivity index is 1.27. The first-order valence-electron chi connectivity index (χ1n) is 16.5. The number of hydrogen-bond donors (Lipinski definition) is 2. The van der Waals surface area contributed by atoms with Gasteiger partial charge in [0.05, 0.1) is 28.7 Å². The zero-order chi connectivity index (χ0) is 38.1. The highest BCUT2D eigenvalue weighted by atomic mass is 35.5. The first-order valence-corrected chi connectivity index (χ1v) is 18.9. The molecule has 2 N–H and O–H groups in total. The molecule has 21 heteroatoms. The average Bonchev–Trinajstić information content (AvgIpc) is 3.57. The number of anilines is 2. The number of fused-ring (bicyclic) bond motifs is 3. The normalized spacial score (nSPS) is 20.7. The van der Waals surface area contributed by atoms with Crippen LogP contribution in [0.1, 0.15) is 65.8 Å². The standard InChI is InChI=1S/C32H33ClF5N9O5S/c1-17-13-23(29(49)41-22-7-6-20(14-21(22)33)53(34,35,36,37)38)46-25(17)26(31(51)47-32(46)42-28(43-47)19-5-3-4-12-52-15-19)44-8-10-45(11-9-44)30(50)24-27(48)18(2)39-16-40-24/h5-7,14,16-17,23,48H,3-4,8-13,15H2,1-2H3,(H,41,49)/t17-,23-/m1/s1. The second kappa shape index (κ2) is 12.4. The van der Waals surface area contributed by atoms with E-state index in [1.165, 1.54) is 11.2 Å². The molecule has 2 atom stereocenters. The number of aromatic hydroxyl groups is 1. The van der Waals surface area contributed by atoms with Gasteiger partial charge in [0, 0.05) is 44.3 Å². The topological polar surface area (TPSA) is 160 Å². The zero-order valence-electron chi connectivity index (χ0n) is 28.2. The molecule has 0 bridgehead atoms. The van der Waals surface area contributed by atoms with Crippen LogP contribution in [0.3, 0.4) is 0 Å². The van der Waals surface area contributed by atoms with Crippen LogP contribution < -0.4 is 15.8 Å². The first-order chi connectivity index (χ1) is 24.8. The van der Waals surface area contributed by atoms with E-state index in [1.807, 2.05) is 6.08 Å². The molecule has 53 heavy (non-hydrogen) atoms. The molecule has 1 aromatic carbocycles. The smallest absolute Gasteiger partial charge is 0.310 e. The predicted molar refractivity (Wildman–Crippen MR) is 185 cm³/mol. The number of piperazine rings is 1. The van der Waals surface area contributed by atoms with Gasteiger partial charge in [-0.1, -0.05) is 44.0 Å². The summed E-state index contributed by atoms with van der Waals surface area (Å²) in [5.41, 5.74) is 0.549. The lowest BCUT2D eigenvalue weighted by Gasteiger charge is -2.40. The lowest BCUT2D eigenvalue weighted by atomic mass is 10.0. The molecule has 0 aliphatic carbocycles. The number of ether oxygens (including phenoxy) is 1. The van der Waals surface area contributed by atoms with Gasteiger partial charge in [-0.2, -0.15) is 9.50 Å². The molecule has 1 saturated heterocycles. The average molecular weight is 786 g/mol. The van der Waals surface area contributed by atoms with Crippen LogP contribution in [0.2, 0.25) is 5.02 Å². The monoisotopic (exact) mass is 785 g/mol. The molecule has 4 aromatic rings. The summed E-state index contributed by atoms with van der Waals surface area (Å²) in [5.74, 6) is -1.78. The van der Waals surface area contributed by atoms with E-state index in [-0.39, 0.29) is 91.5 Å². The maximum Gasteiger partial charge on any atom is 0.310 e. The maximum atomic E-state index is 14.3. The minimum atomic E-state index is -10.0. The van der Waals surface area contributed by atoms with Crippen LogP contribution in [-0.2, 0) is 9.53 Å². The SMILES string of the molecule is Cc1ncnc(C(=O)N2CCN(c3c4n(c5nc(C6=CCCCOC6)nn5c3=O)[C@@H](C(=O)Nc3ccc(S(F)(F)(F)(F)F)cc3Cl)C[C@H]4C)CC2)c1O. The Morgan fingerprint density at radius 1 is 1.09 bits per heavy atom. The van der Waals surface area contributed by atoms with Crippen molar-refractivity contribution in [3.8, 4) is 5.75 Å². The molecular formula is C32H33ClF5N9O5S. The Morgan fingerprint density at radius 3 is 2.53 bits per heavy atom. The summed E-state index contributed by atoms with van der Waals surface area (Å²) in [4.78, 5) is 55.2. The summed E-state index contributed by atoms with van der Waals surface area (Å²) in [5, 5.41) is 16.6.